The minimum atomic E-state index is -0.978. The molecule has 0 bridgehead atoms. The van der Waals surface area contributed by atoms with E-state index in [1.54, 1.807) is 5.38 Å². The summed E-state index contributed by atoms with van der Waals surface area (Å²) in [5, 5.41) is 11.1. The summed E-state index contributed by atoms with van der Waals surface area (Å²) in [4.78, 5) is 14.8. The Morgan fingerprint density at radius 2 is 2.11 bits per heavy atom. The summed E-state index contributed by atoms with van der Waals surface area (Å²) in [5.41, 5.74) is 2.36. The molecule has 0 aliphatic carbocycles. The van der Waals surface area contributed by atoms with Crippen molar-refractivity contribution in [3.8, 4) is 10.6 Å². The van der Waals surface area contributed by atoms with Gasteiger partial charge in [0.25, 0.3) is 0 Å². The Morgan fingerprint density at radius 1 is 1.39 bits per heavy atom. The van der Waals surface area contributed by atoms with Crippen LogP contribution in [0.4, 0.5) is 0 Å². The van der Waals surface area contributed by atoms with Gasteiger partial charge in [-0.1, -0.05) is 31.2 Å². The summed E-state index contributed by atoms with van der Waals surface area (Å²) < 4.78 is 0. The molecule has 94 valence electrons. The minimum absolute atomic E-state index is 0.112. The van der Waals surface area contributed by atoms with Crippen LogP contribution in [0.25, 0.3) is 10.6 Å². The van der Waals surface area contributed by atoms with E-state index in [0.29, 0.717) is 0 Å². The Labute approximate surface area is 114 Å². The standard InChI is InChI=1S/C13H13NO2S2/c1-2-17-7-9-3-5-10(6-4-9)12-14-11(8-18-12)13(15)16/h3-6,8H,2,7H2,1H3,(H,15,16). The largest absolute Gasteiger partial charge is 0.476 e. The van der Waals surface area contributed by atoms with Crippen LogP contribution < -0.4 is 0 Å². The molecular formula is C13H13NO2S2. The number of aromatic nitrogens is 1. The van der Waals surface area contributed by atoms with Crippen LogP contribution in [0.2, 0.25) is 0 Å². The molecule has 0 amide bonds. The van der Waals surface area contributed by atoms with Gasteiger partial charge in [-0.25, -0.2) is 9.78 Å². The molecule has 1 N–H and O–H groups in total. The van der Waals surface area contributed by atoms with Gasteiger partial charge in [-0.3, -0.25) is 0 Å². The summed E-state index contributed by atoms with van der Waals surface area (Å²) in [6, 6.07) is 8.13. The number of carboxylic acid groups (broad SMARTS) is 1. The second-order valence-electron chi connectivity index (χ2n) is 3.68. The summed E-state index contributed by atoms with van der Waals surface area (Å²) in [5.74, 6) is 1.14. The summed E-state index contributed by atoms with van der Waals surface area (Å²) >= 11 is 3.24. The van der Waals surface area contributed by atoms with Gasteiger partial charge < -0.3 is 5.11 Å². The average molecular weight is 279 g/mol. The molecule has 2 aromatic rings. The van der Waals surface area contributed by atoms with Crippen molar-refractivity contribution in [1.82, 2.24) is 4.98 Å². The van der Waals surface area contributed by atoms with Gasteiger partial charge in [0.1, 0.15) is 5.01 Å². The van der Waals surface area contributed by atoms with E-state index in [1.807, 2.05) is 23.9 Å². The van der Waals surface area contributed by atoms with Gasteiger partial charge in [0.05, 0.1) is 0 Å². The first-order valence-electron chi connectivity index (χ1n) is 5.56. The van der Waals surface area contributed by atoms with E-state index >= 15 is 0 Å². The van der Waals surface area contributed by atoms with Gasteiger partial charge in [-0.05, 0) is 11.3 Å². The Bertz CT molecular complexity index is 534. The van der Waals surface area contributed by atoms with Crippen molar-refractivity contribution < 1.29 is 9.90 Å². The maximum atomic E-state index is 10.8. The van der Waals surface area contributed by atoms with Crippen molar-refractivity contribution in [2.45, 2.75) is 12.7 Å². The third-order valence-electron chi connectivity index (χ3n) is 2.40. The van der Waals surface area contributed by atoms with Crippen molar-refractivity contribution in [3.63, 3.8) is 0 Å². The van der Waals surface area contributed by atoms with E-state index in [-0.39, 0.29) is 5.69 Å². The van der Waals surface area contributed by atoms with Crippen molar-refractivity contribution in [2.75, 3.05) is 5.75 Å². The molecule has 0 atom stereocenters. The fraction of sp³-hybridized carbons (Fsp3) is 0.231. The molecule has 0 spiro atoms. The number of carboxylic acids is 1. The summed E-state index contributed by atoms with van der Waals surface area (Å²) in [7, 11) is 0. The first-order chi connectivity index (χ1) is 8.70. The van der Waals surface area contributed by atoms with Crippen molar-refractivity contribution in [2.24, 2.45) is 0 Å². The highest BCUT2D eigenvalue weighted by molar-refractivity contribution is 7.98. The second-order valence-corrected chi connectivity index (χ2v) is 5.81. The zero-order valence-corrected chi connectivity index (χ0v) is 11.6. The number of aromatic carboxylic acids is 1. The molecule has 0 saturated heterocycles. The molecule has 0 unspecified atom stereocenters. The fourth-order valence-corrected chi connectivity index (χ4v) is 2.90. The maximum absolute atomic E-state index is 10.8. The molecule has 1 aromatic heterocycles. The van der Waals surface area contributed by atoms with Gasteiger partial charge >= 0.3 is 5.97 Å². The lowest BCUT2D eigenvalue weighted by Crippen LogP contribution is -1.95. The lowest BCUT2D eigenvalue weighted by molar-refractivity contribution is 0.0691. The fourth-order valence-electron chi connectivity index (χ4n) is 1.47. The van der Waals surface area contributed by atoms with Crippen LogP contribution in [0, 0.1) is 0 Å². The number of hydrogen-bond donors (Lipinski definition) is 1. The quantitative estimate of drug-likeness (QED) is 0.905. The van der Waals surface area contributed by atoms with Crippen LogP contribution in [-0.2, 0) is 5.75 Å². The van der Waals surface area contributed by atoms with E-state index in [1.165, 1.54) is 16.9 Å². The van der Waals surface area contributed by atoms with E-state index in [2.05, 4.69) is 24.0 Å². The van der Waals surface area contributed by atoms with Gasteiger partial charge in [-0.2, -0.15) is 11.8 Å². The number of thiazole rings is 1. The number of nitrogens with zero attached hydrogens (tertiary/aromatic N) is 1. The topological polar surface area (TPSA) is 50.2 Å². The highest BCUT2D eigenvalue weighted by atomic mass is 32.2. The molecule has 1 heterocycles. The SMILES string of the molecule is CCSCc1ccc(-c2nc(C(=O)O)cs2)cc1. The first kappa shape index (κ1) is 13.1. The molecule has 0 aliphatic heterocycles. The Hall–Kier alpha value is -1.33. The lowest BCUT2D eigenvalue weighted by Gasteiger charge is -2.01. The van der Waals surface area contributed by atoms with Gasteiger partial charge in [0, 0.05) is 16.7 Å². The number of hydrogen-bond acceptors (Lipinski definition) is 4. The summed E-state index contributed by atoms with van der Waals surface area (Å²) in [6.07, 6.45) is 0. The van der Waals surface area contributed by atoms with E-state index in [4.69, 9.17) is 5.11 Å². The maximum Gasteiger partial charge on any atom is 0.355 e. The van der Waals surface area contributed by atoms with Crippen LogP contribution in [0.15, 0.2) is 29.6 Å². The zero-order valence-electron chi connectivity index (χ0n) is 9.92. The van der Waals surface area contributed by atoms with Crippen LogP contribution in [0.1, 0.15) is 23.0 Å². The van der Waals surface area contributed by atoms with Crippen LogP contribution in [-0.4, -0.2) is 21.8 Å². The lowest BCUT2D eigenvalue weighted by atomic mass is 10.2. The molecule has 18 heavy (non-hydrogen) atoms. The summed E-state index contributed by atoms with van der Waals surface area (Å²) in [6.45, 7) is 2.14. The normalized spacial score (nSPS) is 10.5. The van der Waals surface area contributed by atoms with Crippen LogP contribution >= 0.6 is 23.1 Å². The van der Waals surface area contributed by atoms with E-state index < -0.39 is 5.97 Å². The van der Waals surface area contributed by atoms with Crippen molar-refractivity contribution in [1.29, 1.82) is 0 Å². The average Bonchev–Trinajstić information content (AvgIpc) is 2.87. The number of carbonyl (C=O) groups is 1. The molecule has 3 nitrogen and oxygen atoms in total. The first-order valence-corrected chi connectivity index (χ1v) is 7.60. The van der Waals surface area contributed by atoms with Crippen LogP contribution in [0.3, 0.4) is 0 Å². The van der Waals surface area contributed by atoms with Gasteiger partial charge in [-0.15, -0.1) is 11.3 Å². The molecule has 0 fully saturated rings. The number of rotatable bonds is 5. The Morgan fingerprint density at radius 3 is 2.67 bits per heavy atom. The molecule has 2 rings (SSSR count). The molecule has 0 radical (unpaired) electrons. The predicted molar refractivity (Wildman–Crippen MR) is 76.3 cm³/mol. The predicted octanol–water partition coefficient (Wildman–Crippen LogP) is 3.76. The monoisotopic (exact) mass is 279 g/mol. The Kier molecular flexibility index (Phi) is 4.38. The van der Waals surface area contributed by atoms with Gasteiger partial charge in [0.15, 0.2) is 5.69 Å². The highest BCUT2D eigenvalue weighted by Crippen LogP contribution is 2.24. The third-order valence-corrected chi connectivity index (χ3v) is 4.23. The zero-order chi connectivity index (χ0) is 13.0. The molecule has 0 aliphatic rings. The highest BCUT2D eigenvalue weighted by Gasteiger charge is 2.09. The minimum Gasteiger partial charge on any atom is -0.476 e. The smallest absolute Gasteiger partial charge is 0.355 e. The van der Waals surface area contributed by atoms with E-state index in [0.717, 1.165) is 22.1 Å². The number of benzene rings is 1. The molecule has 5 heteroatoms. The van der Waals surface area contributed by atoms with Gasteiger partial charge in [0.2, 0.25) is 0 Å². The van der Waals surface area contributed by atoms with E-state index in [9.17, 15) is 4.79 Å². The van der Waals surface area contributed by atoms with Crippen LogP contribution in [0.5, 0.6) is 0 Å². The molecule has 0 saturated carbocycles. The Balaban J connectivity index is 2.15. The van der Waals surface area contributed by atoms with Crippen molar-refractivity contribution in [3.05, 3.63) is 40.9 Å². The molecule has 1 aromatic carbocycles. The number of thioether (sulfide) groups is 1. The van der Waals surface area contributed by atoms with Crippen molar-refractivity contribution >= 4 is 29.1 Å². The third kappa shape index (κ3) is 3.11. The molecular weight excluding hydrogens is 266 g/mol. The second kappa shape index (κ2) is 6.02.